The molecule has 8 bridgehead atoms. The van der Waals surface area contributed by atoms with Gasteiger partial charge in [0.05, 0.1) is 49.2 Å². The molecule has 72 heavy (non-hydrogen) atoms. The molecule has 0 fully saturated rings. The van der Waals surface area contributed by atoms with Gasteiger partial charge in [-0.2, -0.15) is 0 Å². The Morgan fingerprint density at radius 3 is 0.986 bits per heavy atom. The maximum absolute atomic E-state index is 6.59. The number of H-pyrrole nitrogens is 2. The predicted molar refractivity (Wildman–Crippen MR) is 305 cm³/mol. The fourth-order valence-corrected chi connectivity index (χ4v) is 9.74. The topological polar surface area (TPSA) is 94.3 Å². The van der Waals surface area contributed by atoms with Gasteiger partial charge in [0.2, 0.25) is 0 Å². The second-order valence-corrected chi connectivity index (χ2v) is 20.1. The number of hydrogen-bond acceptors (Lipinski definition) is 6. The molecule has 0 saturated carbocycles. The van der Waals surface area contributed by atoms with E-state index in [-0.39, 0.29) is 0 Å². The van der Waals surface area contributed by atoms with Crippen LogP contribution in [0, 0.1) is 0 Å². The molecule has 0 radical (unpaired) electrons. The van der Waals surface area contributed by atoms with Gasteiger partial charge in [-0.25, -0.2) is 9.97 Å². The van der Waals surface area contributed by atoms with Crippen molar-refractivity contribution in [2.45, 2.75) is 182 Å². The van der Waals surface area contributed by atoms with E-state index >= 15 is 0 Å². The van der Waals surface area contributed by atoms with Crippen molar-refractivity contribution in [2.24, 2.45) is 0 Å². The van der Waals surface area contributed by atoms with Gasteiger partial charge < -0.3 is 28.9 Å². The molecule has 0 saturated heterocycles. The number of aromatic nitrogens is 4. The summed E-state index contributed by atoms with van der Waals surface area (Å²) >= 11 is 0. The molecule has 7 rings (SSSR count). The molecule has 8 nitrogen and oxygen atoms in total. The SMILES string of the molecule is CCCCCCCCOc1cc(OCCCCCCCC)cc(-c2c3nc(cc4ccc(cc5nc(c(-c6cc(OCCCCCCCC)cc(OCCCCCCCC)c6)c6ccc2[nH]6)C=C5)[nH]4)C=C3)c1. The van der Waals surface area contributed by atoms with Gasteiger partial charge in [0, 0.05) is 45.3 Å². The van der Waals surface area contributed by atoms with Crippen molar-refractivity contribution >= 4 is 46.4 Å². The van der Waals surface area contributed by atoms with Crippen molar-refractivity contribution in [3.05, 3.63) is 95.6 Å². The molecule has 0 aliphatic carbocycles. The maximum Gasteiger partial charge on any atom is 0.123 e. The second-order valence-electron chi connectivity index (χ2n) is 20.1. The highest BCUT2D eigenvalue weighted by molar-refractivity contribution is 5.96. The minimum absolute atomic E-state index is 0.664. The molecule has 2 aromatic carbocycles. The molecule has 2 aliphatic rings. The van der Waals surface area contributed by atoms with E-state index in [1.165, 1.54) is 128 Å². The summed E-state index contributed by atoms with van der Waals surface area (Å²) in [6.07, 6.45) is 37.5. The minimum atomic E-state index is 0.664. The van der Waals surface area contributed by atoms with Crippen LogP contribution in [0.25, 0.3) is 68.6 Å². The third kappa shape index (κ3) is 17.2. The van der Waals surface area contributed by atoms with Crippen LogP contribution in [-0.4, -0.2) is 46.4 Å². The number of fused-ring (bicyclic) bond motifs is 8. The Morgan fingerprint density at radius 2 is 0.653 bits per heavy atom. The molecule has 5 heterocycles. The van der Waals surface area contributed by atoms with Crippen LogP contribution in [0.1, 0.15) is 205 Å². The van der Waals surface area contributed by atoms with E-state index in [0.717, 1.165) is 116 Å². The maximum atomic E-state index is 6.59. The Balaban J connectivity index is 1.33. The lowest BCUT2D eigenvalue weighted by atomic mass is 10.0. The monoisotopic (exact) mass is 975 g/mol. The summed E-state index contributed by atoms with van der Waals surface area (Å²) in [6.45, 7) is 11.7. The Morgan fingerprint density at radius 1 is 0.333 bits per heavy atom. The molecule has 0 amide bonds. The normalized spacial score (nSPS) is 11.9. The molecule has 5 aromatic rings. The summed E-state index contributed by atoms with van der Waals surface area (Å²) in [4.78, 5) is 18.1. The van der Waals surface area contributed by atoms with Gasteiger partial charge in [-0.15, -0.1) is 0 Å². The molecular weight excluding hydrogens is 889 g/mol. The lowest BCUT2D eigenvalue weighted by molar-refractivity contribution is 0.289. The number of aromatic amines is 2. The van der Waals surface area contributed by atoms with Crippen molar-refractivity contribution in [1.82, 2.24) is 19.9 Å². The first kappa shape index (κ1) is 54.0. The molecule has 2 aliphatic heterocycles. The van der Waals surface area contributed by atoms with Gasteiger partial charge >= 0.3 is 0 Å². The Hall–Kier alpha value is -5.76. The number of ether oxygens (including phenoxy) is 4. The zero-order valence-corrected chi connectivity index (χ0v) is 44.6. The van der Waals surface area contributed by atoms with Crippen LogP contribution < -0.4 is 18.9 Å². The molecule has 8 heteroatoms. The molecule has 386 valence electrons. The average molecular weight is 975 g/mol. The van der Waals surface area contributed by atoms with E-state index in [0.29, 0.717) is 26.4 Å². The summed E-state index contributed by atoms with van der Waals surface area (Å²) in [5, 5.41) is 0. The van der Waals surface area contributed by atoms with Gasteiger partial charge in [-0.05, 0) is 122 Å². The van der Waals surface area contributed by atoms with Gasteiger partial charge in [0.15, 0.2) is 0 Å². The zero-order valence-electron chi connectivity index (χ0n) is 44.6. The van der Waals surface area contributed by atoms with Gasteiger partial charge in [-0.3, -0.25) is 0 Å². The van der Waals surface area contributed by atoms with E-state index in [1.54, 1.807) is 0 Å². The molecular formula is C64H86N4O4. The number of nitrogens with zero attached hydrogens (tertiary/aromatic N) is 2. The summed E-state index contributed by atoms with van der Waals surface area (Å²) < 4.78 is 26.4. The van der Waals surface area contributed by atoms with Crippen molar-refractivity contribution in [3.63, 3.8) is 0 Å². The minimum Gasteiger partial charge on any atom is -0.493 e. The number of rotatable bonds is 34. The largest absolute Gasteiger partial charge is 0.493 e. The lowest BCUT2D eigenvalue weighted by Gasteiger charge is -2.14. The van der Waals surface area contributed by atoms with Gasteiger partial charge in [-0.1, -0.05) is 156 Å². The molecule has 0 spiro atoms. The average Bonchev–Trinajstić information content (AvgIpc) is 4.24. The predicted octanol–water partition coefficient (Wildman–Crippen LogP) is 18.9. The quantitative estimate of drug-likeness (QED) is 0.0391. The van der Waals surface area contributed by atoms with E-state index in [2.05, 4.69) is 135 Å². The fraction of sp³-hybridized carbons (Fsp3) is 0.500. The van der Waals surface area contributed by atoms with E-state index < -0.39 is 0 Å². The smallest absolute Gasteiger partial charge is 0.123 e. The fourth-order valence-electron chi connectivity index (χ4n) is 9.74. The Kier molecular flexibility index (Phi) is 22.7. The number of nitrogens with one attached hydrogen (secondary N) is 2. The summed E-state index contributed by atoms with van der Waals surface area (Å²) in [7, 11) is 0. The van der Waals surface area contributed by atoms with Crippen LogP contribution in [0.5, 0.6) is 23.0 Å². The van der Waals surface area contributed by atoms with Crippen LogP contribution in [-0.2, 0) is 0 Å². The van der Waals surface area contributed by atoms with Crippen molar-refractivity contribution in [2.75, 3.05) is 26.4 Å². The summed E-state index contributed by atoms with van der Waals surface area (Å²) in [5.74, 6) is 3.24. The third-order valence-corrected chi connectivity index (χ3v) is 13.8. The number of unbranched alkanes of at least 4 members (excludes halogenated alkanes) is 20. The summed E-state index contributed by atoms with van der Waals surface area (Å²) in [6, 6.07) is 25.6. The highest BCUT2D eigenvalue weighted by Gasteiger charge is 2.18. The molecule has 0 atom stereocenters. The zero-order chi connectivity index (χ0) is 50.0. The highest BCUT2D eigenvalue weighted by Crippen LogP contribution is 2.39. The van der Waals surface area contributed by atoms with Crippen LogP contribution >= 0.6 is 0 Å². The lowest BCUT2D eigenvalue weighted by Crippen LogP contribution is -2.01. The highest BCUT2D eigenvalue weighted by atomic mass is 16.5. The van der Waals surface area contributed by atoms with Crippen LogP contribution in [0.15, 0.2) is 72.8 Å². The van der Waals surface area contributed by atoms with E-state index in [9.17, 15) is 0 Å². The van der Waals surface area contributed by atoms with Crippen molar-refractivity contribution in [1.29, 1.82) is 0 Å². The summed E-state index contributed by atoms with van der Waals surface area (Å²) in [5.41, 5.74) is 11.2. The molecule has 3 aromatic heterocycles. The van der Waals surface area contributed by atoms with E-state index in [4.69, 9.17) is 28.9 Å². The number of hydrogen-bond donors (Lipinski definition) is 2. The van der Waals surface area contributed by atoms with Crippen LogP contribution in [0.2, 0.25) is 0 Å². The second kappa shape index (κ2) is 30.3. The first-order valence-electron chi connectivity index (χ1n) is 28.5. The molecule has 2 N–H and O–H groups in total. The first-order valence-corrected chi connectivity index (χ1v) is 28.5. The van der Waals surface area contributed by atoms with Crippen molar-refractivity contribution in [3.8, 4) is 45.3 Å². The first-order chi connectivity index (χ1) is 35.5. The van der Waals surface area contributed by atoms with Gasteiger partial charge in [0.1, 0.15) is 23.0 Å². The number of benzene rings is 2. The van der Waals surface area contributed by atoms with Crippen LogP contribution in [0.4, 0.5) is 0 Å². The molecule has 0 unspecified atom stereocenters. The Bertz CT molecular complexity index is 2390. The third-order valence-electron chi connectivity index (χ3n) is 13.8. The standard InChI is InChI=1S/C64H86N4O4/c1-5-9-13-17-21-25-37-69-55-41-49(42-56(47-55)70-38-26-22-18-14-10-6-2)63-59-33-31-53(66-59)45-51-29-30-52(65-51)46-54-32-34-60(67-54)64(62-36-35-61(63)68-62)50-43-57(71-39-27-23-19-15-11-7-3)48-58(44-50)72-40-28-24-20-16-12-8-4/h29-36,41-48,65,68H,5-28,37-40H2,1-4H3. The van der Waals surface area contributed by atoms with Crippen molar-refractivity contribution < 1.29 is 18.9 Å². The Labute approximate surface area is 432 Å². The van der Waals surface area contributed by atoms with Gasteiger partial charge in [0.25, 0.3) is 0 Å². The van der Waals surface area contributed by atoms with E-state index in [1.807, 2.05) is 0 Å². The van der Waals surface area contributed by atoms with Crippen LogP contribution in [0.3, 0.4) is 0 Å².